The maximum Gasteiger partial charge on any atom is 0.336 e. The minimum atomic E-state index is -0.983. The van der Waals surface area contributed by atoms with E-state index >= 15 is 0 Å². The Kier molecular flexibility index (Phi) is 3.66. The number of aromatic nitrogens is 1. The second-order valence-electron chi connectivity index (χ2n) is 4.51. The van der Waals surface area contributed by atoms with Gasteiger partial charge in [0.25, 0.3) is 0 Å². The minimum Gasteiger partial charge on any atom is -0.478 e. The molecule has 0 unspecified atom stereocenters. The lowest BCUT2D eigenvalue weighted by atomic mass is 10.0. The molecule has 1 heterocycles. The van der Waals surface area contributed by atoms with Crippen LogP contribution in [-0.4, -0.2) is 16.1 Å². The molecule has 0 aliphatic rings. The van der Waals surface area contributed by atoms with E-state index < -0.39 is 5.97 Å². The van der Waals surface area contributed by atoms with Crippen molar-refractivity contribution in [1.82, 2.24) is 4.98 Å². The molecule has 0 bridgehead atoms. The summed E-state index contributed by atoms with van der Waals surface area (Å²) in [5.74, 6) is -0.983. The van der Waals surface area contributed by atoms with E-state index in [0.717, 1.165) is 10.0 Å². The van der Waals surface area contributed by atoms with Gasteiger partial charge in [-0.05, 0) is 40.2 Å². The zero-order valence-corrected chi connectivity index (χ0v) is 13.0. The first-order valence-electron chi connectivity index (χ1n) is 6.15. The summed E-state index contributed by atoms with van der Waals surface area (Å²) in [6.07, 6.45) is 0. The highest BCUT2D eigenvalue weighted by atomic mass is 79.9. The van der Waals surface area contributed by atoms with Crippen molar-refractivity contribution in [2.45, 2.75) is 0 Å². The van der Waals surface area contributed by atoms with Gasteiger partial charge < -0.3 is 5.11 Å². The van der Waals surface area contributed by atoms with Crippen LogP contribution in [0.15, 0.2) is 53.0 Å². The van der Waals surface area contributed by atoms with Crippen molar-refractivity contribution < 1.29 is 9.90 Å². The molecule has 0 atom stereocenters. The van der Waals surface area contributed by atoms with E-state index in [-0.39, 0.29) is 5.56 Å². The summed E-state index contributed by atoms with van der Waals surface area (Å²) >= 11 is 9.41. The van der Waals surface area contributed by atoms with Crippen molar-refractivity contribution in [3.8, 4) is 11.3 Å². The molecule has 0 saturated carbocycles. The van der Waals surface area contributed by atoms with Gasteiger partial charge in [-0.25, -0.2) is 9.78 Å². The van der Waals surface area contributed by atoms with Gasteiger partial charge in [-0.1, -0.05) is 35.9 Å². The highest BCUT2D eigenvalue weighted by molar-refractivity contribution is 9.10. The van der Waals surface area contributed by atoms with E-state index in [9.17, 15) is 9.90 Å². The SMILES string of the molecule is O=C(O)c1cc(-c2cccc(Cl)c2)nc2c(Br)cccc12. The van der Waals surface area contributed by atoms with E-state index in [2.05, 4.69) is 20.9 Å². The van der Waals surface area contributed by atoms with E-state index in [1.54, 1.807) is 30.3 Å². The van der Waals surface area contributed by atoms with Gasteiger partial charge in [0.1, 0.15) is 0 Å². The van der Waals surface area contributed by atoms with Crippen molar-refractivity contribution in [3.05, 3.63) is 63.6 Å². The summed E-state index contributed by atoms with van der Waals surface area (Å²) < 4.78 is 0.756. The van der Waals surface area contributed by atoms with Crippen molar-refractivity contribution in [2.75, 3.05) is 0 Å². The largest absolute Gasteiger partial charge is 0.478 e. The Hall–Kier alpha value is -1.91. The number of carboxylic acid groups (broad SMARTS) is 1. The molecule has 3 aromatic rings. The number of fused-ring (bicyclic) bond motifs is 1. The molecule has 2 aromatic carbocycles. The molecule has 3 nitrogen and oxygen atoms in total. The lowest BCUT2D eigenvalue weighted by molar-refractivity contribution is 0.0699. The van der Waals surface area contributed by atoms with E-state index in [0.29, 0.717) is 21.6 Å². The van der Waals surface area contributed by atoms with Crippen LogP contribution in [0.1, 0.15) is 10.4 Å². The number of rotatable bonds is 2. The molecule has 0 amide bonds. The second-order valence-corrected chi connectivity index (χ2v) is 5.80. The zero-order chi connectivity index (χ0) is 15.0. The monoisotopic (exact) mass is 361 g/mol. The third kappa shape index (κ3) is 2.64. The fourth-order valence-corrected chi connectivity index (χ4v) is 2.83. The van der Waals surface area contributed by atoms with Gasteiger partial charge in [0.15, 0.2) is 0 Å². The normalized spacial score (nSPS) is 10.8. The highest BCUT2D eigenvalue weighted by Crippen LogP contribution is 2.30. The van der Waals surface area contributed by atoms with Crippen LogP contribution in [0.5, 0.6) is 0 Å². The number of halogens is 2. The summed E-state index contributed by atoms with van der Waals surface area (Å²) in [7, 11) is 0. The Morgan fingerprint density at radius 3 is 2.62 bits per heavy atom. The lowest BCUT2D eigenvalue weighted by Gasteiger charge is -2.08. The van der Waals surface area contributed by atoms with Gasteiger partial charge in [-0.15, -0.1) is 0 Å². The maximum absolute atomic E-state index is 11.5. The second kappa shape index (κ2) is 5.47. The third-order valence-corrected chi connectivity index (χ3v) is 4.02. The number of hydrogen-bond donors (Lipinski definition) is 1. The summed E-state index contributed by atoms with van der Waals surface area (Å²) in [4.78, 5) is 16.1. The molecule has 104 valence electrons. The smallest absolute Gasteiger partial charge is 0.336 e. The molecule has 0 fully saturated rings. The average molecular weight is 363 g/mol. The van der Waals surface area contributed by atoms with Gasteiger partial charge in [0.05, 0.1) is 16.8 Å². The topological polar surface area (TPSA) is 50.2 Å². The van der Waals surface area contributed by atoms with Gasteiger partial charge in [0, 0.05) is 20.4 Å². The van der Waals surface area contributed by atoms with E-state index in [4.69, 9.17) is 11.6 Å². The van der Waals surface area contributed by atoms with Crippen molar-refractivity contribution in [3.63, 3.8) is 0 Å². The molecule has 0 aliphatic heterocycles. The van der Waals surface area contributed by atoms with Crippen LogP contribution in [-0.2, 0) is 0 Å². The Morgan fingerprint density at radius 1 is 1.14 bits per heavy atom. The summed E-state index contributed by atoms with van der Waals surface area (Å²) in [5, 5.41) is 10.6. The molecule has 0 aliphatic carbocycles. The fourth-order valence-electron chi connectivity index (χ4n) is 2.19. The predicted octanol–water partition coefficient (Wildman–Crippen LogP) is 5.02. The predicted molar refractivity (Wildman–Crippen MR) is 86.8 cm³/mol. The number of hydrogen-bond acceptors (Lipinski definition) is 2. The summed E-state index contributed by atoms with van der Waals surface area (Å²) in [6.45, 7) is 0. The molecule has 21 heavy (non-hydrogen) atoms. The molecule has 0 spiro atoms. The van der Waals surface area contributed by atoms with Gasteiger partial charge in [0.2, 0.25) is 0 Å². The number of nitrogens with zero attached hydrogens (tertiary/aromatic N) is 1. The Morgan fingerprint density at radius 2 is 1.90 bits per heavy atom. The zero-order valence-electron chi connectivity index (χ0n) is 10.7. The van der Waals surface area contributed by atoms with Gasteiger partial charge >= 0.3 is 5.97 Å². The molecule has 1 aromatic heterocycles. The number of aromatic carboxylic acids is 1. The molecule has 0 saturated heterocycles. The first-order valence-corrected chi connectivity index (χ1v) is 7.32. The first-order chi connectivity index (χ1) is 10.1. The molecule has 0 radical (unpaired) electrons. The van der Waals surface area contributed by atoms with Crippen molar-refractivity contribution in [2.24, 2.45) is 0 Å². The van der Waals surface area contributed by atoms with Crippen LogP contribution in [0.3, 0.4) is 0 Å². The standard InChI is InChI=1S/C16H9BrClNO2/c17-13-6-2-5-11-12(16(20)21)8-14(19-15(11)13)9-3-1-4-10(18)7-9/h1-8H,(H,20,21). The number of benzene rings is 2. The molecular formula is C16H9BrClNO2. The van der Waals surface area contributed by atoms with Crippen LogP contribution in [0, 0.1) is 0 Å². The summed E-state index contributed by atoms with van der Waals surface area (Å²) in [6, 6.07) is 14.1. The van der Waals surface area contributed by atoms with E-state index in [1.807, 2.05) is 18.2 Å². The minimum absolute atomic E-state index is 0.219. The van der Waals surface area contributed by atoms with Crippen LogP contribution >= 0.6 is 27.5 Å². The average Bonchev–Trinajstić information content (AvgIpc) is 2.46. The molecular weight excluding hydrogens is 354 g/mol. The van der Waals surface area contributed by atoms with E-state index in [1.165, 1.54) is 0 Å². The lowest BCUT2D eigenvalue weighted by Crippen LogP contribution is -2.00. The number of para-hydroxylation sites is 1. The third-order valence-electron chi connectivity index (χ3n) is 3.14. The quantitative estimate of drug-likeness (QED) is 0.696. The Labute approximate surface area is 134 Å². The maximum atomic E-state index is 11.5. The molecule has 5 heteroatoms. The fraction of sp³-hybridized carbons (Fsp3) is 0. The van der Waals surface area contributed by atoms with Crippen LogP contribution < -0.4 is 0 Å². The highest BCUT2D eigenvalue weighted by Gasteiger charge is 2.14. The van der Waals surface area contributed by atoms with Crippen LogP contribution in [0.2, 0.25) is 5.02 Å². The Balaban J connectivity index is 2.35. The molecule has 1 N–H and O–H groups in total. The van der Waals surface area contributed by atoms with Crippen molar-refractivity contribution >= 4 is 44.4 Å². The van der Waals surface area contributed by atoms with Crippen LogP contribution in [0.4, 0.5) is 0 Å². The van der Waals surface area contributed by atoms with Crippen LogP contribution in [0.25, 0.3) is 22.2 Å². The number of carbonyl (C=O) groups is 1. The van der Waals surface area contributed by atoms with Gasteiger partial charge in [-0.3, -0.25) is 0 Å². The molecule has 3 rings (SSSR count). The van der Waals surface area contributed by atoms with Crippen molar-refractivity contribution in [1.29, 1.82) is 0 Å². The number of pyridine rings is 1. The Bertz CT molecular complexity index is 864. The first kappa shape index (κ1) is 14.0. The number of carboxylic acids is 1. The van der Waals surface area contributed by atoms with Gasteiger partial charge in [-0.2, -0.15) is 0 Å². The summed E-state index contributed by atoms with van der Waals surface area (Å²) in [5.41, 5.74) is 2.20.